The number of aromatic nitrogens is 1. The molecule has 0 radical (unpaired) electrons. The third kappa shape index (κ3) is 3.70. The molecular weight excluding hydrogens is 304 g/mol. The molecule has 1 aromatic rings. The Kier molecular flexibility index (Phi) is 4.68. The lowest BCUT2D eigenvalue weighted by molar-refractivity contribution is 0.151. The van der Waals surface area contributed by atoms with Gasteiger partial charge in [0.05, 0.1) is 12.2 Å². The standard InChI is InChI=1S/C18H30N4S/c1-5-19-16(22-10-9-18(13-22)7-6-8-18)20-11-15-21-14(12-23-15)17(2,3)4/h12H,5-11,13H2,1-4H3,(H,19,20). The van der Waals surface area contributed by atoms with E-state index >= 15 is 0 Å². The first kappa shape index (κ1) is 16.7. The average molecular weight is 335 g/mol. The van der Waals surface area contributed by atoms with Crippen LogP contribution in [0.25, 0.3) is 0 Å². The lowest BCUT2D eigenvalue weighted by atomic mass is 9.68. The molecule has 0 unspecified atom stereocenters. The van der Waals surface area contributed by atoms with Gasteiger partial charge in [0.15, 0.2) is 5.96 Å². The first-order valence-electron chi connectivity index (χ1n) is 8.90. The molecule has 23 heavy (non-hydrogen) atoms. The fourth-order valence-electron chi connectivity index (χ4n) is 3.50. The highest BCUT2D eigenvalue weighted by Crippen LogP contribution is 2.47. The monoisotopic (exact) mass is 334 g/mol. The van der Waals surface area contributed by atoms with Crippen molar-refractivity contribution in [3.63, 3.8) is 0 Å². The number of nitrogens with zero attached hydrogens (tertiary/aromatic N) is 3. The molecule has 0 atom stereocenters. The number of thiazole rings is 1. The Hall–Kier alpha value is -1.10. The van der Waals surface area contributed by atoms with Gasteiger partial charge in [-0.1, -0.05) is 27.2 Å². The maximum absolute atomic E-state index is 4.86. The first-order chi connectivity index (χ1) is 10.9. The van der Waals surface area contributed by atoms with Crippen molar-refractivity contribution in [3.8, 4) is 0 Å². The summed E-state index contributed by atoms with van der Waals surface area (Å²) in [7, 11) is 0. The molecular formula is C18H30N4S. The summed E-state index contributed by atoms with van der Waals surface area (Å²) in [5.74, 6) is 1.07. The Morgan fingerprint density at radius 2 is 2.17 bits per heavy atom. The van der Waals surface area contributed by atoms with Crippen LogP contribution in [0.4, 0.5) is 0 Å². The molecule has 1 saturated carbocycles. The second-order valence-corrected chi connectivity index (χ2v) is 9.01. The molecule has 5 heteroatoms. The Morgan fingerprint density at radius 1 is 1.39 bits per heavy atom. The van der Waals surface area contributed by atoms with Gasteiger partial charge in [-0.25, -0.2) is 9.98 Å². The number of nitrogens with one attached hydrogen (secondary N) is 1. The van der Waals surface area contributed by atoms with Crippen LogP contribution in [0.2, 0.25) is 0 Å². The molecule has 2 heterocycles. The molecule has 0 bridgehead atoms. The van der Waals surface area contributed by atoms with E-state index in [4.69, 9.17) is 9.98 Å². The summed E-state index contributed by atoms with van der Waals surface area (Å²) < 4.78 is 0. The van der Waals surface area contributed by atoms with Gasteiger partial charge in [0.25, 0.3) is 0 Å². The van der Waals surface area contributed by atoms with Crippen LogP contribution in [-0.4, -0.2) is 35.5 Å². The summed E-state index contributed by atoms with van der Waals surface area (Å²) in [4.78, 5) is 12.1. The van der Waals surface area contributed by atoms with Crippen molar-refractivity contribution in [1.82, 2.24) is 15.2 Å². The summed E-state index contributed by atoms with van der Waals surface area (Å²) in [6, 6.07) is 0. The largest absolute Gasteiger partial charge is 0.357 e. The minimum Gasteiger partial charge on any atom is -0.357 e. The van der Waals surface area contributed by atoms with Crippen LogP contribution < -0.4 is 5.32 Å². The highest BCUT2D eigenvalue weighted by Gasteiger charge is 2.43. The van der Waals surface area contributed by atoms with E-state index < -0.39 is 0 Å². The molecule has 3 rings (SSSR count). The number of rotatable bonds is 3. The molecule has 0 amide bonds. The number of hydrogen-bond acceptors (Lipinski definition) is 3. The number of guanidine groups is 1. The summed E-state index contributed by atoms with van der Waals surface area (Å²) in [5, 5.41) is 6.76. The van der Waals surface area contributed by atoms with Crippen LogP contribution in [0.3, 0.4) is 0 Å². The van der Waals surface area contributed by atoms with Gasteiger partial charge in [-0.2, -0.15) is 0 Å². The predicted octanol–water partition coefficient (Wildman–Crippen LogP) is 3.78. The minimum atomic E-state index is 0.120. The van der Waals surface area contributed by atoms with Gasteiger partial charge in [-0.3, -0.25) is 0 Å². The van der Waals surface area contributed by atoms with E-state index in [0.717, 1.165) is 24.1 Å². The van der Waals surface area contributed by atoms with Crippen molar-refractivity contribution in [3.05, 3.63) is 16.1 Å². The third-order valence-corrected chi connectivity index (χ3v) is 6.00. The number of likely N-dealkylation sites (tertiary alicyclic amines) is 1. The Balaban J connectivity index is 1.66. The van der Waals surface area contributed by atoms with Gasteiger partial charge < -0.3 is 10.2 Å². The average Bonchev–Trinajstić information content (AvgIpc) is 3.09. The summed E-state index contributed by atoms with van der Waals surface area (Å²) >= 11 is 1.73. The van der Waals surface area contributed by atoms with Crippen LogP contribution in [0.5, 0.6) is 0 Å². The maximum atomic E-state index is 4.86. The van der Waals surface area contributed by atoms with Gasteiger partial charge in [-0.15, -0.1) is 11.3 Å². The van der Waals surface area contributed by atoms with Gasteiger partial charge in [0.2, 0.25) is 0 Å². The zero-order chi connectivity index (χ0) is 16.5. The Bertz CT molecular complexity index is 566. The van der Waals surface area contributed by atoms with Crippen LogP contribution in [0.15, 0.2) is 10.4 Å². The van der Waals surface area contributed by atoms with E-state index in [2.05, 4.69) is 43.3 Å². The topological polar surface area (TPSA) is 40.5 Å². The fourth-order valence-corrected chi connectivity index (χ4v) is 4.44. The van der Waals surface area contributed by atoms with Crippen molar-refractivity contribution in [2.75, 3.05) is 19.6 Å². The molecule has 128 valence electrons. The Labute approximate surface area is 144 Å². The summed E-state index contributed by atoms with van der Waals surface area (Å²) in [5.41, 5.74) is 1.90. The smallest absolute Gasteiger partial charge is 0.194 e. The molecule has 1 aliphatic heterocycles. The molecule has 4 nitrogen and oxygen atoms in total. The molecule has 1 aromatic heterocycles. The van der Waals surface area contributed by atoms with E-state index in [0.29, 0.717) is 12.0 Å². The van der Waals surface area contributed by atoms with Crippen LogP contribution >= 0.6 is 11.3 Å². The van der Waals surface area contributed by atoms with E-state index in [1.54, 1.807) is 11.3 Å². The van der Waals surface area contributed by atoms with Crippen LogP contribution in [-0.2, 0) is 12.0 Å². The molecule has 0 aromatic carbocycles. The third-order valence-electron chi connectivity index (χ3n) is 5.17. The molecule has 2 aliphatic rings. The van der Waals surface area contributed by atoms with E-state index in [9.17, 15) is 0 Å². The van der Waals surface area contributed by atoms with Crippen molar-refractivity contribution in [2.24, 2.45) is 10.4 Å². The highest BCUT2D eigenvalue weighted by atomic mass is 32.1. The van der Waals surface area contributed by atoms with Crippen molar-refractivity contribution in [1.29, 1.82) is 0 Å². The lowest BCUT2D eigenvalue weighted by Gasteiger charge is -2.38. The maximum Gasteiger partial charge on any atom is 0.194 e. The second-order valence-electron chi connectivity index (χ2n) is 8.07. The lowest BCUT2D eigenvalue weighted by Crippen LogP contribution is -2.42. The second kappa shape index (κ2) is 6.42. The number of hydrogen-bond donors (Lipinski definition) is 1. The number of aliphatic imine (C=N–C) groups is 1. The first-order valence-corrected chi connectivity index (χ1v) is 9.78. The molecule has 1 N–H and O–H groups in total. The molecule has 1 spiro atoms. The quantitative estimate of drug-likeness (QED) is 0.675. The van der Waals surface area contributed by atoms with Crippen molar-refractivity contribution in [2.45, 2.75) is 65.3 Å². The fraction of sp³-hybridized carbons (Fsp3) is 0.778. The van der Waals surface area contributed by atoms with E-state index in [1.165, 1.54) is 37.9 Å². The Morgan fingerprint density at radius 3 is 2.70 bits per heavy atom. The summed E-state index contributed by atoms with van der Waals surface area (Å²) in [6.07, 6.45) is 5.56. The van der Waals surface area contributed by atoms with Gasteiger partial charge in [0, 0.05) is 30.4 Å². The van der Waals surface area contributed by atoms with E-state index in [1.807, 2.05) is 0 Å². The molecule has 1 aliphatic carbocycles. The highest BCUT2D eigenvalue weighted by molar-refractivity contribution is 7.09. The van der Waals surface area contributed by atoms with E-state index in [-0.39, 0.29) is 5.41 Å². The zero-order valence-electron chi connectivity index (χ0n) is 15.0. The zero-order valence-corrected chi connectivity index (χ0v) is 15.8. The van der Waals surface area contributed by atoms with Gasteiger partial charge in [-0.05, 0) is 31.6 Å². The predicted molar refractivity (Wildman–Crippen MR) is 98.1 cm³/mol. The van der Waals surface area contributed by atoms with Crippen molar-refractivity contribution >= 4 is 17.3 Å². The van der Waals surface area contributed by atoms with Crippen molar-refractivity contribution < 1.29 is 0 Å². The minimum absolute atomic E-state index is 0.120. The van der Waals surface area contributed by atoms with Gasteiger partial charge >= 0.3 is 0 Å². The summed E-state index contributed by atoms with van der Waals surface area (Å²) in [6.45, 7) is 12.7. The SMILES string of the molecule is CCNC(=NCc1nc(C(C)(C)C)cs1)N1CCC2(CCC2)C1. The normalized spacial score (nSPS) is 20.9. The molecule has 1 saturated heterocycles. The van der Waals surface area contributed by atoms with Crippen LogP contribution in [0.1, 0.15) is 64.1 Å². The van der Waals surface area contributed by atoms with Gasteiger partial charge in [0.1, 0.15) is 5.01 Å². The van der Waals surface area contributed by atoms with Crippen LogP contribution in [0, 0.1) is 5.41 Å². The molecule has 2 fully saturated rings.